The summed E-state index contributed by atoms with van der Waals surface area (Å²) in [6.07, 6.45) is 1.06. The van der Waals surface area contributed by atoms with Crippen LogP contribution in [0.2, 0.25) is 0 Å². The van der Waals surface area contributed by atoms with Crippen molar-refractivity contribution in [2.45, 2.75) is 26.8 Å². The first-order valence-corrected chi connectivity index (χ1v) is 6.08. The first kappa shape index (κ1) is 10.4. The molecule has 0 unspecified atom stereocenters. The number of hydrogen-bond donors (Lipinski definition) is 0. The summed E-state index contributed by atoms with van der Waals surface area (Å²) in [5.74, 6) is 0.635. The maximum Gasteiger partial charge on any atom is 0.308 e. The van der Waals surface area contributed by atoms with Gasteiger partial charge in [0.05, 0.1) is 10.2 Å². The van der Waals surface area contributed by atoms with Crippen LogP contribution in [0.3, 0.4) is 0 Å². The van der Waals surface area contributed by atoms with Gasteiger partial charge in [-0.15, -0.1) is 0 Å². The van der Waals surface area contributed by atoms with Crippen LogP contribution in [0, 0.1) is 5.92 Å². The van der Waals surface area contributed by atoms with Gasteiger partial charge in [0.2, 0.25) is 0 Å². The average Bonchev–Trinajstić information content (AvgIpc) is 2.50. The molecular weight excluding hydrogens is 206 g/mol. The third-order valence-corrected chi connectivity index (χ3v) is 3.46. The van der Waals surface area contributed by atoms with Gasteiger partial charge in [-0.05, 0) is 24.5 Å². The minimum absolute atomic E-state index is 0.164. The van der Waals surface area contributed by atoms with Crippen molar-refractivity contribution in [3.63, 3.8) is 0 Å². The van der Waals surface area contributed by atoms with Gasteiger partial charge < -0.3 is 0 Å². The van der Waals surface area contributed by atoms with Crippen LogP contribution in [0.25, 0.3) is 10.2 Å². The van der Waals surface area contributed by atoms with Gasteiger partial charge in [0.25, 0.3) is 0 Å². The standard InChI is InChI=1S/C12H15NOS/c1-9(2)7-8-13-10-5-3-4-6-11(10)15-12(13)14/h3-6,9H,7-8H2,1-2H3. The third-order valence-electron chi connectivity index (χ3n) is 2.50. The van der Waals surface area contributed by atoms with Crippen molar-refractivity contribution < 1.29 is 0 Å². The van der Waals surface area contributed by atoms with E-state index in [-0.39, 0.29) is 4.87 Å². The summed E-state index contributed by atoms with van der Waals surface area (Å²) in [5.41, 5.74) is 1.08. The lowest BCUT2D eigenvalue weighted by Crippen LogP contribution is -2.13. The van der Waals surface area contributed by atoms with E-state index in [0.717, 1.165) is 23.2 Å². The third kappa shape index (κ3) is 2.12. The SMILES string of the molecule is CC(C)CCn1c(=O)sc2ccccc21. The quantitative estimate of drug-likeness (QED) is 0.780. The van der Waals surface area contributed by atoms with E-state index in [0.29, 0.717) is 5.92 Å². The molecule has 1 aromatic heterocycles. The van der Waals surface area contributed by atoms with E-state index in [9.17, 15) is 4.79 Å². The highest BCUT2D eigenvalue weighted by Crippen LogP contribution is 2.17. The summed E-state index contributed by atoms with van der Waals surface area (Å²) < 4.78 is 2.98. The van der Waals surface area contributed by atoms with Crippen LogP contribution in [0.4, 0.5) is 0 Å². The Kier molecular flexibility index (Phi) is 2.91. The highest BCUT2D eigenvalue weighted by atomic mass is 32.1. The van der Waals surface area contributed by atoms with Gasteiger partial charge >= 0.3 is 4.87 Å². The smallest absolute Gasteiger partial charge is 0.299 e. The lowest BCUT2D eigenvalue weighted by Gasteiger charge is -2.05. The van der Waals surface area contributed by atoms with Crippen LogP contribution in [-0.2, 0) is 6.54 Å². The minimum atomic E-state index is 0.164. The number of rotatable bonds is 3. The summed E-state index contributed by atoms with van der Waals surface area (Å²) in [4.78, 5) is 11.9. The number of aromatic nitrogens is 1. The number of fused-ring (bicyclic) bond motifs is 1. The van der Waals surface area contributed by atoms with Crippen molar-refractivity contribution in [3.05, 3.63) is 33.9 Å². The van der Waals surface area contributed by atoms with E-state index in [1.165, 1.54) is 11.3 Å². The molecule has 2 nitrogen and oxygen atoms in total. The van der Waals surface area contributed by atoms with E-state index in [2.05, 4.69) is 13.8 Å². The van der Waals surface area contributed by atoms with E-state index in [1.807, 2.05) is 28.8 Å². The molecule has 3 heteroatoms. The van der Waals surface area contributed by atoms with Gasteiger partial charge in [-0.3, -0.25) is 9.36 Å². The molecule has 0 aliphatic heterocycles. The summed E-state index contributed by atoms with van der Waals surface area (Å²) in [5, 5.41) is 0. The van der Waals surface area contributed by atoms with Crippen molar-refractivity contribution in [1.29, 1.82) is 0 Å². The highest BCUT2D eigenvalue weighted by Gasteiger charge is 2.06. The molecule has 0 fully saturated rings. The molecule has 0 aliphatic carbocycles. The topological polar surface area (TPSA) is 22.0 Å². The Balaban J connectivity index is 2.41. The van der Waals surface area contributed by atoms with E-state index >= 15 is 0 Å². The lowest BCUT2D eigenvalue weighted by molar-refractivity contribution is 0.520. The van der Waals surface area contributed by atoms with E-state index in [1.54, 1.807) is 0 Å². The summed E-state index contributed by atoms with van der Waals surface area (Å²) in [6.45, 7) is 5.19. The molecule has 0 radical (unpaired) electrons. The first-order valence-electron chi connectivity index (χ1n) is 5.27. The van der Waals surface area contributed by atoms with Crippen molar-refractivity contribution >= 4 is 21.6 Å². The van der Waals surface area contributed by atoms with E-state index in [4.69, 9.17) is 0 Å². The molecule has 80 valence electrons. The van der Waals surface area contributed by atoms with Crippen molar-refractivity contribution in [1.82, 2.24) is 4.57 Å². The van der Waals surface area contributed by atoms with Crippen LogP contribution < -0.4 is 4.87 Å². The van der Waals surface area contributed by atoms with Gasteiger partial charge in [-0.1, -0.05) is 37.3 Å². The molecule has 2 rings (SSSR count). The summed E-state index contributed by atoms with van der Waals surface area (Å²) >= 11 is 1.34. The van der Waals surface area contributed by atoms with Gasteiger partial charge in [-0.2, -0.15) is 0 Å². The molecule has 2 aromatic rings. The minimum Gasteiger partial charge on any atom is -0.299 e. The molecule has 0 amide bonds. The number of nitrogens with zero attached hydrogens (tertiary/aromatic N) is 1. The second-order valence-corrected chi connectivity index (χ2v) is 5.16. The number of thiazole rings is 1. The molecule has 1 aromatic carbocycles. The van der Waals surface area contributed by atoms with Gasteiger partial charge in [0.1, 0.15) is 0 Å². The van der Waals surface area contributed by atoms with E-state index < -0.39 is 0 Å². The van der Waals surface area contributed by atoms with Gasteiger partial charge in [0, 0.05) is 6.54 Å². The van der Waals surface area contributed by atoms with Crippen LogP contribution in [0.15, 0.2) is 29.1 Å². The van der Waals surface area contributed by atoms with Crippen LogP contribution in [0.1, 0.15) is 20.3 Å². The van der Waals surface area contributed by atoms with Crippen molar-refractivity contribution in [3.8, 4) is 0 Å². The monoisotopic (exact) mass is 221 g/mol. The molecule has 0 saturated heterocycles. The Hall–Kier alpha value is -1.09. The largest absolute Gasteiger partial charge is 0.308 e. The molecule has 0 saturated carbocycles. The lowest BCUT2D eigenvalue weighted by atomic mass is 10.1. The molecular formula is C12H15NOS. The Morgan fingerprint density at radius 2 is 2.07 bits per heavy atom. The predicted molar refractivity (Wildman–Crippen MR) is 65.5 cm³/mol. The zero-order valence-corrected chi connectivity index (χ0v) is 9.88. The number of aryl methyl sites for hydroxylation is 1. The van der Waals surface area contributed by atoms with Crippen molar-refractivity contribution in [2.24, 2.45) is 5.92 Å². The molecule has 0 spiro atoms. The Bertz CT molecular complexity index is 510. The molecule has 0 aliphatic rings. The molecule has 0 N–H and O–H groups in total. The zero-order chi connectivity index (χ0) is 10.8. The molecule has 1 heterocycles. The summed E-state index contributed by atoms with van der Waals surface area (Å²) in [7, 11) is 0. The fraction of sp³-hybridized carbons (Fsp3) is 0.417. The van der Waals surface area contributed by atoms with Crippen LogP contribution in [-0.4, -0.2) is 4.57 Å². The normalized spacial score (nSPS) is 11.4. The zero-order valence-electron chi connectivity index (χ0n) is 9.06. The number of para-hydroxylation sites is 1. The maximum absolute atomic E-state index is 11.7. The Morgan fingerprint density at radius 3 is 2.80 bits per heavy atom. The molecule has 0 bridgehead atoms. The maximum atomic E-state index is 11.7. The second-order valence-electron chi connectivity index (χ2n) is 4.17. The van der Waals surface area contributed by atoms with Gasteiger partial charge in [0.15, 0.2) is 0 Å². The van der Waals surface area contributed by atoms with Crippen LogP contribution >= 0.6 is 11.3 Å². The number of hydrogen-bond acceptors (Lipinski definition) is 2. The average molecular weight is 221 g/mol. The fourth-order valence-corrected chi connectivity index (χ4v) is 2.53. The molecule has 15 heavy (non-hydrogen) atoms. The Morgan fingerprint density at radius 1 is 1.33 bits per heavy atom. The fourth-order valence-electron chi connectivity index (χ4n) is 1.61. The Labute approximate surface area is 93.2 Å². The highest BCUT2D eigenvalue weighted by molar-refractivity contribution is 7.16. The second kappa shape index (κ2) is 4.19. The summed E-state index contributed by atoms with van der Waals surface area (Å²) in [6, 6.07) is 7.99. The van der Waals surface area contributed by atoms with Crippen molar-refractivity contribution in [2.75, 3.05) is 0 Å². The molecule has 0 atom stereocenters. The van der Waals surface area contributed by atoms with Gasteiger partial charge in [-0.25, -0.2) is 0 Å². The number of benzene rings is 1. The van der Waals surface area contributed by atoms with Crippen LogP contribution in [0.5, 0.6) is 0 Å². The first-order chi connectivity index (χ1) is 7.18. The predicted octanol–water partition coefficient (Wildman–Crippen LogP) is 3.11.